The van der Waals surface area contributed by atoms with E-state index in [1.165, 1.54) is 0 Å². The van der Waals surface area contributed by atoms with Crippen molar-refractivity contribution in [3.8, 4) is 0 Å². The average molecular weight is 300 g/mol. The molecule has 106 valence electrons. The Morgan fingerprint density at radius 3 is 2.68 bits per heavy atom. The standard InChI is InChI=1S/C13H20N2O2S2/c1-4-17-12(16)9-7-15-13(18-5-6-19-13)10(9)11(14)8(2)3/h9-10,14-15H,2,4-7H2,1,3H3/t9?,10-/m0/s1. The predicted molar refractivity (Wildman–Crippen MR) is 81.8 cm³/mol. The second-order valence-electron chi connectivity index (χ2n) is 4.78. The molecule has 0 bridgehead atoms. The Morgan fingerprint density at radius 1 is 1.53 bits per heavy atom. The monoisotopic (exact) mass is 300 g/mol. The van der Waals surface area contributed by atoms with Gasteiger partial charge in [-0.15, -0.1) is 23.5 Å². The summed E-state index contributed by atoms with van der Waals surface area (Å²) in [6, 6.07) is 0. The van der Waals surface area contributed by atoms with Gasteiger partial charge in [-0.05, 0) is 19.4 Å². The van der Waals surface area contributed by atoms with Gasteiger partial charge in [-0.2, -0.15) is 0 Å². The van der Waals surface area contributed by atoms with Gasteiger partial charge in [-0.3, -0.25) is 10.1 Å². The van der Waals surface area contributed by atoms with Crippen LogP contribution in [-0.4, -0.2) is 40.5 Å². The molecule has 0 saturated carbocycles. The highest BCUT2D eigenvalue weighted by molar-refractivity contribution is 8.21. The Balaban J connectivity index is 2.27. The molecule has 1 spiro atoms. The number of esters is 1. The zero-order valence-electron chi connectivity index (χ0n) is 11.3. The maximum atomic E-state index is 12.1. The molecule has 2 aliphatic rings. The van der Waals surface area contributed by atoms with Crippen LogP contribution in [0.25, 0.3) is 0 Å². The fraction of sp³-hybridized carbons (Fsp3) is 0.692. The highest BCUT2D eigenvalue weighted by Gasteiger charge is 2.55. The summed E-state index contributed by atoms with van der Waals surface area (Å²) in [5.41, 5.74) is 1.21. The number of ether oxygens (including phenoxy) is 1. The molecule has 0 aromatic rings. The third-order valence-electron chi connectivity index (χ3n) is 3.46. The summed E-state index contributed by atoms with van der Waals surface area (Å²) in [5.74, 6) is 1.47. The largest absolute Gasteiger partial charge is 0.466 e. The van der Waals surface area contributed by atoms with Crippen LogP contribution in [0.2, 0.25) is 0 Å². The molecule has 0 aromatic carbocycles. The molecule has 6 heteroatoms. The molecule has 19 heavy (non-hydrogen) atoms. The second kappa shape index (κ2) is 5.89. The normalized spacial score (nSPS) is 28.5. The fourth-order valence-corrected chi connectivity index (χ4v) is 5.98. The van der Waals surface area contributed by atoms with E-state index >= 15 is 0 Å². The number of hydrogen-bond acceptors (Lipinski definition) is 6. The van der Waals surface area contributed by atoms with Gasteiger partial charge in [0.25, 0.3) is 0 Å². The number of carbonyl (C=O) groups excluding carboxylic acids is 1. The van der Waals surface area contributed by atoms with E-state index in [9.17, 15) is 4.79 Å². The van der Waals surface area contributed by atoms with Crippen molar-refractivity contribution in [1.82, 2.24) is 5.32 Å². The third-order valence-corrected chi connectivity index (χ3v) is 6.89. The molecule has 2 heterocycles. The lowest BCUT2D eigenvalue weighted by atomic mass is 9.88. The number of thioether (sulfide) groups is 2. The number of rotatable bonds is 4. The van der Waals surface area contributed by atoms with E-state index in [1.54, 1.807) is 0 Å². The first-order valence-corrected chi connectivity index (χ1v) is 8.43. The van der Waals surface area contributed by atoms with Crippen LogP contribution in [0.4, 0.5) is 0 Å². The highest BCUT2D eigenvalue weighted by atomic mass is 32.2. The number of carbonyl (C=O) groups is 1. The summed E-state index contributed by atoms with van der Waals surface area (Å²) < 4.78 is 4.92. The maximum absolute atomic E-state index is 12.1. The van der Waals surface area contributed by atoms with E-state index in [0.29, 0.717) is 18.9 Å². The summed E-state index contributed by atoms with van der Waals surface area (Å²) in [5, 5.41) is 11.8. The highest BCUT2D eigenvalue weighted by Crippen LogP contribution is 2.53. The van der Waals surface area contributed by atoms with Crippen molar-refractivity contribution in [2.45, 2.75) is 18.1 Å². The first-order chi connectivity index (χ1) is 9.02. The smallest absolute Gasteiger partial charge is 0.311 e. The zero-order valence-corrected chi connectivity index (χ0v) is 13.0. The summed E-state index contributed by atoms with van der Waals surface area (Å²) in [6.45, 7) is 8.49. The molecule has 2 atom stereocenters. The van der Waals surface area contributed by atoms with Crippen LogP contribution < -0.4 is 5.32 Å². The third kappa shape index (κ3) is 2.71. The van der Waals surface area contributed by atoms with Crippen LogP contribution in [0.15, 0.2) is 12.2 Å². The minimum atomic E-state index is -0.276. The molecule has 2 saturated heterocycles. The second-order valence-corrected chi connectivity index (χ2v) is 7.72. The molecule has 2 aliphatic heterocycles. The lowest BCUT2D eigenvalue weighted by molar-refractivity contribution is -0.148. The van der Waals surface area contributed by atoms with Crippen LogP contribution in [0.5, 0.6) is 0 Å². The van der Waals surface area contributed by atoms with Crippen molar-refractivity contribution in [3.05, 3.63) is 12.2 Å². The molecular formula is C13H20N2O2S2. The van der Waals surface area contributed by atoms with Crippen LogP contribution >= 0.6 is 23.5 Å². The molecule has 1 unspecified atom stereocenters. The molecule has 4 nitrogen and oxygen atoms in total. The molecule has 2 N–H and O–H groups in total. The van der Waals surface area contributed by atoms with Gasteiger partial charge in [0.1, 0.15) is 4.20 Å². The SMILES string of the molecule is C=C(C)C(=N)[C@@H]1C(C(=O)OCC)CNC12SCCS2. The Kier molecular flexibility index (Phi) is 4.63. The lowest BCUT2D eigenvalue weighted by Crippen LogP contribution is -2.41. The topological polar surface area (TPSA) is 62.2 Å². The molecule has 0 aromatic heterocycles. The number of allylic oxidation sites excluding steroid dienone is 1. The Labute approximate surface area is 122 Å². The van der Waals surface area contributed by atoms with Crippen molar-refractivity contribution in [3.63, 3.8) is 0 Å². The van der Waals surface area contributed by atoms with Gasteiger partial charge in [0.2, 0.25) is 0 Å². The maximum Gasteiger partial charge on any atom is 0.311 e. The molecular weight excluding hydrogens is 280 g/mol. The van der Waals surface area contributed by atoms with Gasteiger partial charge < -0.3 is 10.1 Å². The summed E-state index contributed by atoms with van der Waals surface area (Å²) in [6.07, 6.45) is 0. The first kappa shape index (κ1) is 14.9. The van der Waals surface area contributed by atoms with Crippen molar-refractivity contribution in [2.75, 3.05) is 24.7 Å². The summed E-state index contributed by atoms with van der Waals surface area (Å²) >= 11 is 3.62. The molecule has 0 radical (unpaired) electrons. The van der Waals surface area contributed by atoms with Crippen LogP contribution in [0, 0.1) is 17.2 Å². The lowest BCUT2D eigenvalue weighted by Gasteiger charge is -2.31. The minimum Gasteiger partial charge on any atom is -0.466 e. The van der Waals surface area contributed by atoms with Crippen molar-refractivity contribution >= 4 is 35.2 Å². The number of nitrogens with one attached hydrogen (secondary N) is 2. The van der Waals surface area contributed by atoms with Gasteiger partial charge in [0, 0.05) is 23.8 Å². The van der Waals surface area contributed by atoms with Gasteiger partial charge in [-0.1, -0.05) is 6.58 Å². The van der Waals surface area contributed by atoms with E-state index in [4.69, 9.17) is 10.1 Å². The van der Waals surface area contributed by atoms with Crippen molar-refractivity contribution < 1.29 is 9.53 Å². The van der Waals surface area contributed by atoms with E-state index in [1.807, 2.05) is 37.4 Å². The van der Waals surface area contributed by atoms with Crippen molar-refractivity contribution in [1.29, 1.82) is 5.41 Å². The number of hydrogen-bond donors (Lipinski definition) is 2. The Hall–Kier alpha value is -0.460. The summed E-state index contributed by atoms with van der Waals surface area (Å²) in [7, 11) is 0. The molecule has 0 amide bonds. The quantitative estimate of drug-likeness (QED) is 0.615. The van der Waals surface area contributed by atoms with Crippen LogP contribution in [0.3, 0.4) is 0 Å². The minimum absolute atomic E-state index is 0.151. The van der Waals surface area contributed by atoms with Gasteiger partial charge in [0.15, 0.2) is 0 Å². The van der Waals surface area contributed by atoms with Gasteiger partial charge in [-0.25, -0.2) is 0 Å². The van der Waals surface area contributed by atoms with E-state index < -0.39 is 0 Å². The van der Waals surface area contributed by atoms with E-state index in [0.717, 1.165) is 17.1 Å². The molecule has 2 rings (SSSR count). The summed E-state index contributed by atoms with van der Waals surface area (Å²) in [4.78, 5) is 12.1. The van der Waals surface area contributed by atoms with Crippen LogP contribution in [0.1, 0.15) is 13.8 Å². The van der Waals surface area contributed by atoms with Gasteiger partial charge >= 0.3 is 5.97 Å². The Bertz CT molecular complexity index is 405. The Morgan fingerprint density at radius 2 is 2.16 bits per heavy atom. The fourth-order valence-electron chi connectivity index (χ4n) is 2.58. The predicted octanol–water partition coefficient (Wildman–Crippen LogP) is 2.11. The average Bonchev–Trinajstić information content (AvgIpc) is 2.97. The molecule has 0 aliphatic carbocycles. The van der Waals surface area contributed by atoms with Crippen molar-refractivity contribution in [2.24, 2.45) is 11.8 Å². The zero-order chi connectivity index (χ0) is 14.0. The first-order valence-electron chi connectivity index (χ1n) is 6.45. The molecule has 2 fully saturated rings. The van der Waals surface area contributed by atoms with E-state index in [-0.39, 0.29) is 22.0 Å². The van der Waals surface area contributed by atoms with E-state index in [2.05, 4.69) is 11.9 Å². The van der Waals surface area contributed by atoms with Gasteiger partial charge in [0.05, 0.1) is 18.4 Å². The van der Waals surface area contributed by atoms with Crippen LogP contribution in [-0.2, 0) is 9.53 Å².